The maximum Gasteiger partial charge on any atom is 0.313 e. The molecule has 630 valence electrons. The van der Waals surface area contributed by atoms with Gasteiger partial charge in [-0.05, 0) is 137 Å². The zero-order valence-corrected chi connectivity index (χ0v) is 72.2. The molecule has 123 heavy (non-hydrogen) atoms. The van der Waals surface area contributed by atoms with Crippen molar-refractivity contribution in [2.75, 3.05) is 48.5 Å². The maximum atomic E-state index is 13.4. The number of carboxylic acid groups (broad SMARTS) is 4. The van der Waals surface area contributed by atoms with Gasteiger partial charge in [0.25, 0.3) is 40.1 Å². The van der Waals surface area contributed by atoms with Crippen LogP contribution < -0.4 is 23.6 Å². The number of benzene rings is 14. The van der Waals surface area contributed by atoms with Gasteiger partial charge in [0.05, 0.1) is 81.7 Å². The molecule has 25 nitrogen and oxygen atoms in total. The van der Waals surface area contributed by atoms with Crippen LogP contribution in [0, 0.1) is 12.7 Å². The lowest BCUT2D eigenvalue weighted by atomic mass is 10.1. The quantitative estimate of drug-likeness (QED) is 0.0177. The van der Waals surface area contributed by atoms with Crippen molar-refractivity contribution in [3.63, 3.8) is 0 Å². The molecule has 14 aromatic carbocycles. The van der Waals surface area contributed by atoms with Gasteiger partial charge in [-0.15, -0.1) is 69.7 Å². The molecule has 0 aliphatic heterocycles. The largest absolute Gasteiger partial charge is 0.506 e. The third-order valence-electron chi connectivity index (χ3n) is 18.4. The molecule has 0 amide bonds. The summed E-state index contributed by atoms with van der Waals surface area (Å²) >= 11 is 5.74. The standard InChI is InChI=1S/C23H19NO5S2.C22H19NO6S3.C22H17NO5S2.C20H14FNO5S3/c1-14-6-7-15-8-9-17(11-16(15)10-14)31(28,29)24-20-12-21(30-13-22(25)26)23(27)19-5-3-2-4-18(19)20;1-2-29-14-7-8-18-13(9-14)10-21(31-18)32(27,28)23-17-11-19(30-12-20(24)25)22(26)16-6-4-3-5-15(16)17;24-21(25)13-29-20-12-19(17-7-3-4-8-18(17)22(20)26)23-30(27,28)16-10-9-14-5-1-2-6-15(14)11-16;21-12-6-5-11-7-19(29-16(11)8-12)30(26,27)22-15-9-17(28-10-18(23)24)20(25)14-4-2-1-3-13(14)15/h2-12,24,27H,13H2,1H3,(H,25,26);3-11,23,26H,2,12H2,1H3,(H,24,25);1-12,23,26H,13H2,(H,24,25);1-9,22,25H,10H2,(H,23,24). The van der Waals surface area contributed by atoms with Crippen molar-refractivity contribution in [3.8, 4) is 28.7 Å². The van der Waals surface area contributed by atoms with E-state index in [1.165, 1.54) is 54.6 Å². The van der Waals surface area contributed by atoms with Crippen molar-refractivity contribution in [2.24, 2.45) is 0 Å². The van der Waals surface area contributed by atoms with E-state index in [0.29, 0.717) is 65.5 Å². The Balaban J connectivity index is 0.000000141. The van der Waals surface area contributed by atoms with Crippen LogP contribution in [0.3, 0.4) is 0 Å². The van der Waals surface area contributed by atoms with Crippen molar-refractivity contribution >= 4 is 241 Å². The minimum Gasteiger partial charge on any atom is -0.506 e. The molecule has 0 saturated heterocycles. The predicted molar refractivity (Wildman–Crippen MR) is 487 cm³/mol. The summed E-state index contributed by atoms with van der Waals surface area (Å²) in [6.07, 6.45) is 0. The lowest BCUT2D eigenvalue weighted by molar-refractivity contribution is -0.134. The highest BCUT2D eigenvalue weighted by atomic mass is 32.3. The molecule has 0 saturated carbocycles. The Kier molecular flexibility index (Phi) is 27.1. The Morgan fingerprint density at radius 3 is 1.07 bits per heavy atom. The van der Waals surface area contributed by atoms with Crippen LogP contribution in [-0.4, -0.2) is 128 Å². The number of rotatable bonds is 26. The smallest absolute Gasteiger partial charge is 0.313 e. The van der Waals surface area contributed by atoms with Gasteiger partial charge in [-0.3, -0.25) is 38.1 Å². The van der Waals surface area contributed by atoms with Crippen LogP contribution in [0.1, 0.15) is 12.5 Å². The fourth-order valence-corrected chi connectivity index (χ4v) is 22.9. The number of thioether (sulfide) groups is 4. The molecule has 12 N–H and O–H groups in total. The number of phenols is 4. The number of ether oxygens (including phenoxy) is 1. The minimum atomic E-state index is -4.00. The summed E-state index contributed by atoms with van der Waals surface area (Å²) in [4.78, 5) is 45.1. The fraction of sp³-hybridized carbons (Fsp3) is 0.0805. The van der Waals surface area contributed by atoms with E-state index in [-0.39, 0.29) is 107 Å². The molecule has 0 aliphatic carbocycles. The molecule has 0 bridgehead atoms. The van der Waals surface area contributed by atoms with E-state index >= 15 is 0 Å². The molecular formula is C87H69FN4O21S10. The van der Waals surface area contributed by atoms with Crippen LogP contribution >= 0.6 is 69.7 Å². The minimum absolute atomic E-state index is 0.0139. The van der Waals surface area contributed by atoms with Crippen LogP contribution in [-0.2, 0) is 59.3 Å². The number of fused-ring (bicyclic) bond motifs is 8. The normalized spacial score (nSPS) is 11.7. The first-order chi connectivity index (χ1) is 58.6. The Morgan fingerprint density at radius 2 is 0.675 bits per heavy atom. The van der Waals surface area contributed by atoms with E-state index in [0.717, 1.165) is 107 Å². The second-order valence-electron chi connectivity index (χ2n) is 26.9. The Morgan fingerprint density at radius 1 is 0.341 bits per heavy atom. The van der Waals surface area contributed by atoms with Crippen molar-refractivity contribution in [1.82, 2.24) is 0 Å². The number of anilines is 4. The summed E-state index contributed by atoms with van der Waals surface area (Å²) in [7, 11) is -15.8. The van der Waals surface area contributed by atoms with Crippen LogP contribution in [0.4, 0.5) is 27.1 Å². The lowest BCUT2D eigenvalue weighted by Gasteiger charge is -2.15. The average molecular weight is 1850 g/mol. The topological polar surface area (TPSA) is 424 Å². The third-order valence-corrected chi connectivity index (χ3v) is 31.1. The van der Waals surface area contributed by atoms with E-state index in [1.807, 2.05) is 62.4 Å². The highest BCUT2D eigenvalue weighted by molar-refractivity contribution is 8.01. The predicted octanol–water partition coefficient (Wildman–Crippen LogP) is 19.7. The number of aryl methyl sites for hydroxylation is 1. The van der Waals surface area contributed by atoms with E-state index in [9.17, 15) is 77.7 Å². The van der Waals surface area contributed by atoms with Gasteiger partial charge >= 0.3 is 23.9 Å². The van der Waals surface area contributed by atoms with Crippen molar-refractivity contribution in [2.45, 2.75) is 51.6 Å². The Hall–Kier alpha value is -12.2. The highest BCUT2D eigenvalue weighted by Gasteiger charge is 2.27. The van der Waals surface area contributed by atoms with E-state index in [2.05, 4.69) is 18.9 Å². The monoisotopic (exact) mass is 1840 g/mol. The summed E-state index contributed by atoms with van der Waals surface area (Å²) < 4.78 is 136. The number of nitrogens with one attached hydrogen (secondary N) is 4. The first kappa shape index (κ1) is 88.6. The van der Waals surface area contributed by atoms with Gasteiger partial charge in [0.1, 0.15) is 43.0 Å². The number of hydrogen-bond acceptors (Lipinski definition) is 23. The molecule has 36 heteroatoms. The number of aliphatic carboxylic acids is 4. The van der Waals surface area contributed by atoms with Gasteiger partial charge in [-0.2, -0.15) is 0 Å². The number of aromatic hydroxyl groups is 4. The lowest BCUT2D eigenvalue weighted by Crippen LogP contribution is -2.13. The second kappa shape index (κ2) is 37.6. The summed E-state index contributed by atoms with van der Waals surface area (Å²) in [5, 5.41) is 86.5. The van der Waals surface area contributed by atoms with Gasteiger partial charge in [0.2, 0.25) is 0 Å². The van der Waals surface area contributed by atoms with Gasteiger partial charge in [-0.25, -0.2) is 38.1 Å². The number of sulfonamides is 4. The second-order valence-corrected chi connectivity index (χ2v) is 40.3. The van der Waals surface area contributed by atoms with Crippen LogP contribution in [0.2, 0.25) is 0 Å². The molecule has 0 unspecified atom stereocenters. The number of carbonyl (C=O) groups is 4. The molecule has 2 aromatic heterocycles. The van der Waals surface area contributed by atoms with E-state index in [1.54, 1.807) is 146 Å². The van der Waals surface area contributed by atoms with Crippen molar-refractivity contribution in [3.05, 3.63) is 260 Å². The zero-order valence-electron chi connectivity index (χ0n) is 64.1. The molecule has 2 heterocycles. The van der Waals surface area contributed by atoms with Crippen molar-refractivity contribution in [1.29, 1.82) is 0 Å². The SMILES string of the molecule is CCOc1ccc2sc(S(=O)(=O)Nc3cc(SCC(=O)O)c(O)c4ccccc34)cc2c1.Cc1ccc2ccc(S(=O)(=O)Nc3cc(SCC(=O)O)c(O)c4ccccc34)cc2c1.O=C(O)CSc1cc(NS(=O)(=O)c2cc3ccc(F)cc3s2)c2ccccc2c1O.O=C(O)CSc1cc(NS(=O)(=O)c2ccc3ccccc3c2)c2ccccc2c1O. The summed E-state index contributed by atoms with van der Waals surface area (Å²) in [5.74, 6) is -5.40. The number of carboxylic acids is 4. The van der Waals surface area contributed by atoms with Crippen molar-refractivity contribution < 1.29 is 103 Å². The first-order valence-corrected chi connectivity index (χ1v) is 48.0. The number of thiophene rings is 2. The summed E-state index contributed by atoms with van der Waals surface area (Å²) in [5.41, 5.74) is 2.04. The molecule has 0 fully saturated rings. The molecular weight excluding hydrogens is 1780 g/mol. The van der Waals surface area contributed by atoms with E-state index < -0.39 is 69.8 Å². The molecule has 0 spiro atoms. The Labute approximate surface area is 727 Å². The van der Waals surface area contributed by atoms with Gasteiger partial charge < -0.3 is 45.6 Å². The average Bonchev–Trinajstić information content (AvgIpc) is 1.65. The number of halogens is 1. The third kappa shape index (κ3) is 20.9. The Bertz CT molecular complexity index is 7380. The summed E-state index contributed by atoms with van der Waals surface area (Å²) in [6, 6.07) is 68.5. The summed E-state index contributed by atoms with van der Waals surface area (Å²) in [6.45, 7) is 4.33. The molecule has 0 radical (unpaired) electrons. The molecule has 0 atom stereocenters. The van der Waals surface area contributed by atoms with Crippen LogP contribution in [0.15, 0.2) is 287 Å². The zero-order chi connectivity index (χ0) is 87.8. The van der Waals surface area contributed by atoms with Gasteiger partial charge in [0.15, 0.2) is 0 Å². The van der Waals surface area contributed by atoms with Gasteiger partial charge in [-0.1, -0.05) is 163 Å². The molecule has 16 aromatic rings. The van der Waals surface area contributed by atoms with E-state index in [4.69, 9.17) is 25.2 Å². The number of hydrogen-bond donors (Lipinski definition) is 12. The highest BCUT2D eigenvalue weighted by Crippen LogP contribution is 2.46. The van der Waals surface area contributed by atoms with Crippen LogP contribution in [0.25, 0.3) is 84.8 Å². The molecule has 0 aliphatic rings. The first-order valence-electron chi connectivity index (χ1n) is 36.5. The van der Waals surface area contributed by atoms with Gasteiger partial charge in [0, 0.05) is 52.5 Å². The molecule has 16 rings (SSSR count). The number of phenolic OH excluding ortho intramolecular Hbond substituents is 4. The van der Waals surface area contributed by atoms with Crippen LogP contribution in [0.5, 0.6) is 28.7 Å². The fourth-order valence-electron chi connectivity index (χ4n) is 12.8. The maximum absolute atomic E-state index is 13.4.